The fourth-order valence-electron chi connectivity index (χ4n) is 1.26. The molecule has 1 unspecified atom stereocenters. The molecule has 4 nitrogen and oxygen atoms in total. The number of thiophene rings is 1. The lowest BCUT2D eigenvalue weighted by Crippen LogP contribution is -2.35. The van der Waals surface area contributed by atoms with Crippen molar-refractivity contribution in [1.29, 1.82) is 0 Å². The molecule has 0 aliphatic heterocycles. The summed E-state index contributed by atoms with van der Waals surface area (Å²) in [5.74, 6) is 0.264. The van der Waals surface area contributed by atoms with E-state index in [1.807, 2.05) is 27.7 Å². The van der Waals surface area contributed by atoms with Crippen molar-refractivity contribution in [3.63, 3.8) is 0 Å². The first-order valence-electron chi connectivity index (χ1n) is 5.59. The minimum Gasteiger partial charge on any atom is -0.326 e. The van der Waals surface area contributed by atoms with Crippen LogP contribution in [-0.2, 0) is 16.6 Å². The van der Waals surface area contributed by atoms with Crippen molar-refractivity contribution in [3.8, 4) is 0 Å². The van der Waals surface area contributed by atoms with Gasteiger partial charge in [-0.15, -0.1) is 11.3 Å². The van der Waals surface area contributed by atoms with Crippen LogP contribution in [0, 0.1) is 12.8 Å². The van der Waals surface area contributed by atoms with Crippen LogP contribution in [0.2, 0.25) is 0 Å². The number of hydrogen-bond acceptors (Lipinski definition) is 4. The molecule has 6 heteroatoms. The highest BCUT2D eigenvalue weighted by Gasteiger charge is 2.21. The summed E-state index contributed by atoms with van der Waals surface area (Å²) in [5.41, 5.74) is 6.49. The van der Waals surface area contributed by atoms with Crippen molar-refractivity contribution in [1.82, 2.24) is 4.72 Å². The van der Waals surface area contributed by atoms with E-state index in [2.05, 4.69) is 4.72 Å². The van der Waals surface area contributed by atoms with E-state index in [4.69, 9.17) is 5.73 Å². The Morgan fingerprint density at radius 3 is 2.41 bits per heavy atom. The van der Waals surface area contributed by atoms with Crippen LogP contribution < -0.4 is 10.5 Å². The number of nitrogens with two attached hydrogens (primary N) is 1. The zero-order valence-corrected chi connectivity index (χ0v) is 12.3. The van der Waals surface area contributed by atoms with Gasteiger partial charge in [-0.2, -0.15) is 0 Å². The predicted octanol–water partition coefficient (Wildman–Crippen LogP) is 1.84. The van der Waals surface area contributed by atoms with Gasteiger partial charge in [-0.05, 0) is 31.4 Å². The molecule has 3 N–H and O–H groups in total. The summed E-state index contributed by atoms with van der Waals surface area (Å²) in [6.45, 7) is 8.10. The zero-order valence-electron chi connectivity index (χ0n) is 10.6. The lowest BCUT2D eigenvalue weighted by molar-refractivity contribution is 0.477. The van der Waals surface area contributed by atoms with Crippen molar-refractivity contribution in [2.75, 3.05) is 0 Å². The summed E-state index contributed by atoms with van der Waals surface area (Å²) in [6.07, 6.45) is 0. The normalized spacial score (nSPS) is 14.2. The quantitative estimate of drug-likeness (QED) is 0.862. The summed E-state index contributed by atoms with van der Waals surface area (Å²) in [7, 11) is -3.40. The van der Waals surface area contributed by atoms with Gasteiger partial charge >= 0.3 is 0 Å². The Morgan fingerprint density at radius 1 is 1.41 bits per heavy atom. The molecule has 0 spiro atoms. The lowest BCUT2D eigenvalue weighted by atomic mass is 10.1. The van der Waals surface area contributed by atoms with Gasteiger partial charge in [-0.25, -0.2) is 13.1 Å². The van der Waals surface area contributed by atoms with Gasteiger partial charge in [0.2, 0.25) is 10.0 Å². The number of hydrogen-bond donors (Lipinski definition) is 2. The summed E-state index contributed by atoms with van der Waals surface area (Å²) in [4.78, 5) is 0.919. The topological polar surface area (TPSA) is 72.2 Å². The van der Waals surface area contributed by atoms with Crippen LogP contribution in [0.1, 0.15) is 31.2 Å². The molecule has 0 aliphatic rings. The summed E-state index contributed by atoms with van der Waals surface area (Å²) in [5, 5.41) is 0. The molecule has 1 heterocycles. The van der Waals surface area contributed by atoms with Crippen molar-refractivity contribution in [2.24, 2.45) is 11.7 Å². The van der Waals surface area contributed by atoms with Gasteiger partial charge in [-0.1, -0.05) is 13.8 Å². The van der Waals surface area contributed by atoms with E-state index < -0.39 is 10.0 Å². The van der Waals surface area contributed by atoms with Gasteiger partial charge in [0.15, 0.2) is 0 Å². The standard InChI is InChI=1S/C11H20N2O2S2/c1-7(2)9(4)13-17(14,15)11-5-8(3)10(6-12)16-11/h5,7,9,13H,6,12H2,1-4H3. The molecule has 1 aromatic rings. The van der Waals surface area contributed by atoms with Crippen LogP contribution in [0.3, 0.4) is 0 Å². The maximum atomic E-state index is 12.1. The predicted molar refractivity (Wildman–Crippen MR) is 71.6 cm³/mol. The molecule has 98 valence electrons. The van der Waals surface area contributed by atoms with E-state index in [9.17, 15) is 8.42 Å². The second-order valence-electron chi connectivity index (χ2n) is 4.53. The van der Waals surface area contributed by atoms with E-state index in [0.717, 1.165) is 10.4 Å². The van der Waals surface area contributed by atoms with Crippen molar-refractivity contribution < 1.29 is 8.42 Å². The number of aryl methyl sites for hydroxylation is 1. The Hall–Kier alpha value is -0.430. The minimum atomic E-state index is -3.40. The Morgan fingerprint density at radius 2 is 2.00 bits per heavy atom. The highest BCUT2D eigenvalue weighted by molar-refractivity contribution is 7.91. The molecular formula is C11H20N2O2S2. The van der Waals surface area contributed by atoms with Crippen LogP contribution in [-0.4, -0.2) is 14.5 Å². The largest absolute Gasteiger partial charge is 0.326 e. The molecule has 0 bridgehead atoms. The Bertz CT molecular complexity index is 478. The zero-order chi connectivity index (χ0) is 13.2. The van der Waals surface area contributed by atoms with E-state index in [0.29, 0.717) is 10.8 Å². The average Bonchev–Trinajstić information content (AvgIpc) is 2.59. The van der Waals surface area contributed by atoms with E-state index in [-0.39, 0.29) is 12.0 Å². The first-order chi connectivity index (χ1) is 7.77. The fourth-order valence-corrected chi connectivity index (χ4v) is 4.14. The third kappa shape index (κ3) is 3.51. The van der Waals surface area contributed by atoms with Gasteiger partial charge in [0.1, 0.15) is 4.21 Å². The first-order valence-corrected chi connectivity index (χ1v) is 7.89. The molecule has 0 aromatic carbocycles. The Labute approximate surface area is 107 Å². The average molecular weight is 276 g/mol. The van der Waals surface area contributed by atoms with Gasteiger partial charge < -0.3 is 5.73 Å². The van der Waals surface area contributed by atoms with Crippen LogP contribution in [0.25, 0.3) is 0 Å². The van der Waals surface area contributed by atoms with E-state index in [1.165, 1.54) is 11.3 Å². The molecule has 0 radical (unpaired) electrons. The molecule has 0 amide bonds. The van der Waals surface area contributed by atoms with Gasteiger partial charge in [-0.3, -0.25) is 0 Å². The van der Waals surface area contributed by atoms with Gasteiger partial charge in [0.05, 0.1) is 0 Å². The molecular weight excluding hydrogens is 256 g/mol. The van der Waals surface area contributed by atoms with E-state index >= 15 is 0 Å². The summed E-state index contributed by atoms with van der Waals surface area (Å²) >= 11 is 1.24. The third-order valence-corrected chi connectivity index (χ3v) is 6.08. The molecule has 0 saturated carbocycles. The molecule has 1 atom stereocenters. The molecule has 17 heavy (non-hydrogen) atoms. The Kier molecular flexibility index (Phi) is 4.71. The highest BCUT2D eigenvalue weighted by Crippen LogP contribution is 2.25. The minimum absolute atomic E-state index is 0.0799. The van der Waals surface area contributed by atoms with Crippen molar-refractivity contribution >= 4 is 21.4 Å². The number of sulfonamides is 1. The summed E-state index contributed by atoms with van der Waals surface area (Å²) < 4.78 is 27.2. The highest BCUT2D eigenvalue weighted by atomic mass is 32.2. The lowest BCUT2D eigenvalue weighted by Gasteiger charge is -2.16. The molecule has 0 aliphatic carbocycles. The maximum absolute atomic E-state index is 12.1. The number of rotatable bonds is 5. The van der Waals surface area contributed by atoms with Crippen LogP contribution in [0.4, 0.5) is 0 Å². The molecule has 0 fully saturated rings. The maximum Gasteiger partial charge on any atom is 0.250 e. The molecule has 1 aromatic heterocycles. The monoisotopic (exact) mass is 276 g/mol. The third-order valence-electron chi connectivity index (χ3n) is 2.79. The van der Waals surface area contributed by atoms with Crippen molar-refractivity contribution in [2.45, 2.75) is 44.5 Å². The van der Waals surface area contributed by atoms with Crippen LogP contribution >= 0.6 is 11.3 Å². The smallest absolute Gasteiger partial charge is 0.250 e. The van der Waals surface area contributed by atoms with Crippen LogP contribution in [0.5, 0.6) is 0 Å². The molecule has 0 saturated heterocycles. The van der Waals surface area contributed by atoms with Gasteiger partial charge in [0.25, 0.3) is 0 Å². The molecule has 1 rings (SSSR count). The second-order valence-corrected chi connectivity index (χ2v) is 7.61. The number of nitrogens with one attached hydrogen (secondary N) is 1. The first kappa shape index (κ1) is 14.6. The fraction of sp³-hybridized carbons (Fsp3) is 0.636. The van der Waals surface area contributed by atoms with Gasteiger partial charge in [0, 0.05) is 17.5 Å². The Balaban J connectivity index is 2.97. The SMILES string of the molecule is Cc1cc(S(=O)(=O)NC(C)C(C)C)sc1CN. The van der Waals surface area contributed by atoms with Crippen LogP contribution in [0.15, 0.2) is 10.3 Å². The van der Waals surface area contributed by atoms with E-state index in [1.54, 1.807) is 6.07 Å². The summed E-state index contributed by atoms with van der Waals surface area (Å²) in [6, 6.07) is 1.60. The second kappa shape index (κ2) is 5.48. The van der Waals surface area contributed by atoms with Crippen molar-refractivity contribution in [3.05, 3.63) is 16.5 Å².